The molecule has 150 valence electrons. The highest BCUT2D eigenvalue weighted by Crippen LogP contribution is 2.34. The number of anilines is 1. The van der Waals surface area contributed by atoms with Crippen LogP contribution in [0.5, 0.6) is 0 Å². The average Bonchev–Trinajstić information content (AvgIpc) is 3.47. The largest absolute Gasteiger partial charge is 0.351 e. The van der Waals surface area contributed by atoms with E-state index in [2.05, 4.69) is 61.5 Å². The normalized spacial score (nSPS) is 21.1. The van der Waals surface area contributed by atoms with Crippen molar-refractivity contribution in [3.05, 3.63) is 58.7 Å². The van der Waals surface area contributed by atoms with E-state index in [4.69, 9.17) is 10.1 Å². The SMILES string of the molecule is CN1CC2CC1CN2c1ccc(-c2ccnc3c(I)c(-c4ccncc4)nn23)cn1. The van der Waals surface area contributed by atoms with Crippen molar-refractivity contribution in [1.82, 2.24) is 29.5 Å². The number of aromatic nitrogens is 5. The molecule has 0 N–H and O–H groups in total. The molecule has 6 rings (SSSR count). The highest BCUT2D eigenvalue weighted by molar-refractivity contribution is 14.1. The van der Waals surface area contributed by atoms with Crippen molar-refractivity contribution in [2.24, 2.45) is 0 Å². The number of piperazine rings is 1. The molecule has 2 aliphatic heterocycles. The van der Waals surface area contributed by atoms with E-state index < -0.39 is 0 Å². The second-order valence-corrected chi connectivity index (χ2v) is 9.08. The number of halogens is 1. The molecule has 2 atom stereocenters. The van der Waals surface area contributed by atoms with Gasteiger partial charge >= 0.3 is 0 Å². The molecule has 4 aromatic heterocycles. The predicted molar refractivity (Wildman–Crippen MR) is 124 cm³/mol. The molecule has 0 aromatic carbocycles. The lowest BCUT2D eigenvalue weighted by molar-refractivity contribution is 0.292. The van der Waals surface area contributed by atoms with Gasteiger partial charge in [-0.3, -0.25) is 9.88 Å². The van der Waals surface area contributed by atoms with E-state index in [0.717, 1.165) is 50.6 Å². The summed E-state index contributed by atoms with van der Waals surface area (Å²) in [5.41, 5.74) is 4.82. The van der Waals surface area contributed by atoms with Crippen molar-refractivity contribution in [3.8, 4) is 22.5 Å². The minimum Gasteiger partial charge on any atom is -0.351 e. The smallest absolute Gasteiger partial charge is 0.169 e. The fourth-order valence-corrected chi connectivity index (χ4v) is 5.47. The van der Waals surface area contributed by atoms with Crippen molar-refractivity contribution in [3.63, 3.8) is 0 Å². The lowest BCUT2D eigenvalue weighted by Gasteiger charge is -2.32. The van der Waals surface area contributed by atoms with E-state index in [-0.39, 0.29) is 0 Å². The van der Waals surface area contributed by atoms with Crippen LogP contribution in [0.1, 0.15) is 6.42 Å². The molecule has 0 amide bonds. The summed E-state index contributed by atoms with van der Waals surface area (Å²) in [5, 5.41) is 4.87. The summed E-state index contributed by atoms with van der Waals surface area (Å²) in [5.74, 6) is 1.07. The van der Waals surface area contributed by atoms with Crippen molar-refractivity contribution < 1.29 is 0 Å². The molecule has 2 fully saturated rings. The Morgan fingerprint density at radius 2 is 1.80 bits per heavy atom. The van der Waals surface area contributed by atoms with Gasteiger partial charge in [-0.1, -0.05) is 0 Å². The first-order valence-corrected chi connectivity index (χ1v) is 11.1. The van der Waals surface area contributed by atoms with Crippen LogP contribution >= 0.6 is 22.6 Å². The topological polar surface area (TPSA) is 62.5 Å². The van der Waals surface area contributed by atoms with Crippen molar-refractivity contribution >= 4 is 34.1 Å². The lowest BCUT2D eigenvalue weighted by Crippen LogP contribution is -2.44. The fourth-order valence-electron chi connectivity index (χ4n) is 4.69. The first-order valence-electron chi connectivity index (χ1n) is 10.1. The zero-order valence-corrected chi connectivity index (χ0v) is 18.6. The Morgan fingerprint density at radius 3 is 2.50 bits per heavy atom. The third-order valence-electron chi connectivity index (χ3n) is 6.27. The predicted octanol–water partition coefficient (Wildman–Crippen LogP) is 3.35. The molecule has 4 aromatic rings. The van der Waals surface area contributed by atoms with Crippen LogP contribution in [-0.2, 0) is 0 Å². The molecule has 0 aliphatic carbocycles. The Morgan fingerprint density at radius 1 is 0.933 bits per heavy atom. The van der Waals surface area contributed by atoms with Crippen LogP contribution in [0.3, 0.4) is 0 Å². The molecular weight excluding hydrogens is 489 g/mol. The van der Waals surface area contributed by atoms with Crippen LogP contribution in [0.25, 0.3) is 28.2 Å². The summed E-state index contributed by atoms with van der Waals surface area (Å²) < 4.78 is 2.95. The number of rotatable bonds is 3. The monoisotopic (exact) mass is 509 g/mol. The molecule has 0 spiro atoms. The van der Waals surface area contributed by atoms with E-state index in [1.807, 2.05) is 35.1 Å². The van der Waals surface area contributed by atoms with Crippen LogP contribution in [-0.4, -0.2) is 61.7 Å². The molecule has 0 saturated carbocycles. The standard InChI is InChI=1S/C22H20IN7/c1-28-12-17-10-16(28)13-29(17)19-3-2-15(11-26-19)18-6-9-25-22-20(23)21(27-30(18)22)14-4-7-24-8-5-14/h2-9,11,16-17H,10,12-13H2,1H3. The van der Waals surface area contributed by atoms with Gasteiger partial charge in [0.15, 0.2) is 5.65 Å². The number of likely N-dealkylation sites (tertiary alicyclic amines) is 1. The summed E-state index contributed by atoms with van der Waals surface area (Å²) in [6, 6.07) is 11.5. The molecule has 7 nitrogen and oxygen atoms in total. The Kier molecular flexibility index (Phi) is 4.24. The summed E-state index contributed by atoms with van der Waals surface area (Å²) >= 11 is 2.32. The maximum Gasteiger partial charge on any atom is 0.169 e. The summed E-state index contributed by atoms with van der Waals surface area (Å²) in [6.45, 7) is 2.20. The number of fused-ring (bicyclic) bond motifs is 3. The maximum atomic E-state index is 4.87. The summed E-state index contributed by atoms with van der Waals surface area (Å²) in [6.07, 6.45) is 8.62. The van der Waals surface area contributed by atoms with Gasteiger partial charge < -0.3 is 4.90 Å². The van der Waals surface area contributed by atoms with Gasteiger partial charge in [0, 0.05) is 61.1 Å². The molecule has 2 unspecified atom stereocenters. The van der Waals surface area contributed by atoms with E-state index in [9.17, 15) is 0 Å². The van der Waals surface area contributed by atoms with Gasteiger partial charge in [0.2, 0.25) is 0 Å². The van der Waals surface area contributed by atoms with Crippen molar-refractivity contribution in [2.75, 3.05) is 25.0 Å². The number of nitrogens with zero attached hydrogens (tertiary/aromatic N) is 7. The maximum absolute atomic E-state index is 4.87. The number of hydrogen-bond acceptors (Lipinski definition) is 6. The second-order valence-electron chi connectivity index (χ2n) is 8.00. The number of hydrogen-bond donors (Lipinski definition) is 0. The van der Waals surface area contributed by atoms with Gasteiger partial charge in [-0.15, -0.1) is 0 Å². The zero-order chi connectivity index (χ0) is 20.2. The Hall–Kier alpha value is -2.59. The van der Waals surface area contributed by atoms with Crippen LogP contribution in [0.15, 0.2) is 55.1 Å². The quantitative estimate of drug-likeness (QED) is 0.395. The van der Waals surface area contributed by atoms with E-state index >= 15 is 0 Å². The molecule has 2 bridgehead atoms. The Balaban J connectivity index is 1.37. The minimum atomic E-state index is 0.585. The molecule has 30 heavy (non-hydrogen) atoms. The Bertz CT molecular complexity index is 1220. The van der Waals surface area contributed by atoms with Gasteiger partial charge in [0.25, 0.3) is 0 Å². The van der Waals surface area contributed by atoms with E-state index in [1.54, 1.807) is 12.4 Å². The van der Waals surface area contributed by atoms with Crippen LogP contribution in [0.2, 0.25) is 0 Å². The number of likely N-dealkylation sites (N-methyl/N-ethyl adjacent to an activating group) is 1. The number of pyridine rings is 2. The molecule has 0 radical (unpaired) electrons. The van der Waals surface area contributed by atoms with Gasteiger partial charge in [-0.05, 0) is 66.4 Å². The fraction of sp³-hybridized carbons (Fsp3) is 0.273. The molecule has 8 heteroatoms. The van der Waals surface area contributed by atoms with Crippen molar-refractivity contribution in [1.29, 1.82) is 0 Å². The molecule has 6 heterocycles. The van der Waals surface area contributed by atoms with E-state index in [1.165, 1.54) is 6.42 Å². The highest BCUT2D eigenvalue weighted by Gasteiger charge is 2.41. The van der Waals surface area contributed by atoms with Crippen LogP contribution < -0.4 is 4.90 Å². The third-order valence-corrected chi connectivity index (χ3v) is 7.26. The minimum absolute atomic E-state index is 0.585. The lowest BCUT2D eigenvalue weighted by atomic mass is 10.2. The Labute approximate surface area is 187 Å². The van der Waals surface area contributed by atoms with Crippen molar-refractivity contribution in [2.45, 2.75) is 18.5 Å². The summed E-state index contributed by atoms with van der Waals surface area (Å²) in [4.78, 5) is 18.4. The van der Waals surface area contributed by atoms with Crippen LogP contribution in [0, 0.1) is 3.57 Å². The van der Waals surface area contributed by atoms with Gasteiger partial charge in [0.1, 0.15) is 11.5 Å². The second kappa shape index (κ2) is 6.98. The molecule has 2 saturated heterocycles. The third kappa shape index (κ3) is 2.81. The van der Waals surface area contributed by atoms with Crippen LogP contribution in [0.4, 0.5) is 5.82 Å². The highest BCUT2D eigenvalue weighted by atomic mass is 127. The average molecular weight is 509 g/mol. The zero-order valence-electron chi connectivity index (χ0n) is 16.5. The van der Waals surface area contributed by atoms with E-state index in [0.29, 0.717) is 12.1 Å². The molecular formula is C22H20IN7. The van der Waals surface area contributed by atoms with Gasteiger partial charge in [0.05, 0.1) is 9.26 Å². The first-order chi connectivity index (χ1) is 14.7. The van der Waals surface area contributed by atoms with Gasteiger partial charge in [-0.2, -0.15) is 5.10 Å². The van der Waals surface area contributed by atoms with Gasteiger partial charge in [-0.25, -0.2) is 14.5 Å². The molecule has 2 aliphatic rings. The summed E-state index contributed by atoms with van der Waals surface area (Å²) in [7, 11) is 2.22. The first kappa shape index (κ1) is 18.2.